The zero-order valence-electron chi connectivity index (χ0n) is 13.4. The number of esters is 1. The second kappa shape index (κ2) is 8.15. The first kappa shape index (κ1) is 17.5. The van der Waals surface area contributed by atoms with Gasteiger partial charge in [-0.25, -0.2) is 4.79 Å². The van der Waals surface area contributed by atoms with Crippen molar-refractivity contribution in [2.24, 2.45) is 5.92 Å². The van der Waals surface area contributed by atoms with Gasteiger partial charge in [-0.1, -0.05) is 36.9 Å². The first-order valence-electron chi connectivity index (χ1n) is 7.69. The SMILES string of the molecule is CC(=O)SC[C@H](C)C(=O)N1CCC[C@H]1C(=O)Oc1ccccc1. The van der Waals surface area contributed by atoms with Crippen LogP contribution in [-0.2, 0) is 14.4 Å². The summed E-state index contributed by atoms with van der Waals surface area (Å²) in [6, 6.07) is 8.32. The molecule has 1 saturated heterocycles. The summed E-state index contributed by atoms with van der Waals surface area (Å²) in [7, 11) is 0. The van der Waals surface area contributed by atoms with Crippen molar-refractivity contribution in [2.45, 2.75) is 32.7 Å². The molecule has 0 unspecified atom stereocenters. The second-order valence-corrected chi connectivity index (χ2v) is 6.82. The Morgan fingerprint density at radius 3 is 2.65 bits per heavy atom. The molecule has 1 fully saturated rings. The van der Waals surface area contributed by atoms with Gasteiger partial charge >= 0.3 is 5.97 Å². The molecule has 0 spiro atoms. The van der Waals surface area contributed by atoms with Crippen molar-refractivity contribution in [2.75, 3.05) is 12.3 Å². The summed E-state index contributed by atoms with van der Waals surface area (Å²) in [5.74, 6) is 0.135. The number of benzene rings is 1. The van der Waals surface area contributed by atoms with E-state index in [1.165, 1.54) is 6.92 Å². The molecule has 1 aliphatic heterocycles. The minimum absolute atomic E-state index is 0.00823. The summed E-state index contributed by atoms with van der Waals surface area (Å²) < 4.78 is 5.36. The highest BCUT2D eigenvalue weighted by Gasteiger charge is 2.37. The maximum absolute atomic E-state index is 12.5. The van der Waals surface area contributed by atoms with Crippen LogP contribution in [0.4, 0.5) is 0 Å². The number of likely N-dealkylation sites (tertiary alicyclic amines) is 1. The lowest BCUT2D eigenvalue weighted by atomic mass is 10.1. The number of para-hydroxylation sites is 1. The highest BCUT2D eigenvalue weighted by Crippen LogP contribution is 2.23. The number of rotatable bonds is 5. The Bertz CT molecular complexity index is 575. The van der Waals surface area contributed by atoms with Gasteiger partial charge in [0.2, 0.25) is 5.91 Å². The minimum Gasteiger partial charge on any atom is -0.425 e. The highest BCUT2D eigenvalue weighted by atomic mass is 32.2. The van der Waals surface area contributed by atoms with Crippen LogP contribution in [0.25, 0.3) is 0 Å². The number of nitrogens with zero attached hydrogens (tertiary/aromatic N) is 1. The first-order chi connectivity index (χ1) is 11.0. The van der Waals surface area contributed by atoms with Gasteiger partial charge in [0.15, 0.2) is 5.12 Å². The van der Waals surface area contributed by atoms with E-state index in [-0.39, 0.29) is 16.9 Å². The Morgan fingerprint density at radius 2 is 2.00 bits per heavy atom. The van der Waals surface area contributed by atoms with Crippen molar-refractivity contribution in [3.8, 4) is 5.75 Å². The lowest BCUT2D eigenvalue weighted by Gasteiger charge is -2.26. The largest absolute Gasteiger partial charge is 0.425 e. The number of thioether (sulfide) groups is 1. The molecule has 0 aromatic heterocycles. The topological polar surface area (TPSA) is 63.7 Å². The Morgan fingerprint density at radius 1 is 1.30 bits per heavy atom. The fourth-order valence-electron chi connectivity index (χ4n) is 2.54. The molecule has 0 saturated carbocycles. The van der Waals surface area contributed by atoms with Gasteiger partial charge in [-0.3, -0.25) is 9.59 Å². The predicted molar refractivity (Wildman–Crippen MR) is 89.1 cm³/mol. The molecule has 1 aromatic carbocycles. The quantitative estimate of drug-likeness (QED) is 0.611. The molecule has 1 aliphatic rings. The standard InChI is InChI=1S/C17H21NO4S/c1-12(11-23-13(2)19)16(20)18-10-6-9-15(18)17(21)22-14-7-4-3-5-8-14/h3-5,7-8,12,15H,6,9-11H2,1-2H3/t12-,15-/m0/s1. The van der Waals surface area contributed by atoms with Gasteiger partial charge in [-0.05, 0) is 25.0 Å². The number of ether oxygens (including phenoxy) is 1. The van der Waals surface area contributed by atoms with E-state index < -0.39 is 12.0 Å². The van der Waals surface area contributed by atoms with E-state index in [1.54, 1.807) is 36.1 Å². The van der Waals surface area contributed by atoms with E-state index in [4.69, 9.17) is 4.74 Å². The molecule has 124 valence electrons. The Labute approximate surface area is 140 Å². The van der Waals surface area contributed by atoms with E-state index in [0.717, 1.165) is 18.2 Å². The number of carbonyl (C=O) groups excluding carboxylic acids is 3. The smallest absolute Gasteiger partial charge is 0.334 e. The normalized spacial score (nSPS) is 18.5. The summed E-state index contributed by atoms with van der Waals surface area (Å²) in [6.45, 7) is 3.83. The molecule has 23 heavy (non-hydrogen) atoms. The van der Waals surface area contributed by atoms with E-state index in [9.17, 15) is 14.4 Å². The van der Waals surface area contributed by atoms with Crippen molar-refractivity contribution >= 4 is 28.8 Å². The zero-order chi connectivity index (χ0) is 16.8. The monoisotopic (exact) mass is 335 g/mol. The molecular formula is C17H21NO4S. The van der Waals surface area contributed by atoms with Gasteiger partial charge in [0.1, 0.15) is 11.8 Å². The molecule has 0 N–H and O–H groups in total. The van der Waals surface area contributed by atoms with Crippen LogP contribution in [0.15, 0.2) is 30.3 Å². The molecule has 1 amide bonds. The number of carbonyl (C=O) groups is 3. The molecule has 0 bridgehead atoms. The van der Waals surface area contributed by atoms with E-state index in [2.05, 4.69) is 0 Å². The summed E-state index contributed by atoms with van der Waals surface area (Å²) in [6.07, 6.45) is 1.40. The van der Waals surface area contributed by atoms with Crippen LogP contribution in [0.1, 0.15) is 26.7 Å². The Balaban J connectivity index is 1.97. The maximum atomic E-state index is 12.5. The van der Waals surface area contributed by atoms with Crippen LogP contribution in [0.2, 0.25) is 0 Å². The zero-order valence-corrected chi connectivity index (χ0v) is 14.2. The number of hydrogen-bond acceptors (Lipinski definition) is 5. The third kappa shape index (κ3) is 4.82. The number of hydrogen-bond donors (Lipinski definition) is 0. The van der Waals surface area contributed by atoms with Gasteiger partial charge in [-0.2, -0.15) is 0 Å². The third-order valence-electron chi connectivity index (χ3n) is 3.73. The van der Waals surface area contributed by atoms with Gasteiger partial charge in [0.05, 0.1) is 0 Å². The average molecular weight is 335 g/mol. The second-order valence-electron chi connectivity index (χ2n) is 5.63. The van der Waals surface area contributed by atoms with Crippen molar-refractivity contribution in [3.63, 3.8) is 0 Å². The molecule has 1 heterocycles. The fourth-order valence-corrected chi connectivity index (χ4v) is 3.17. The van der Waals surface area contributed by atoms with Crippen LogP contribution in [-0.4, -0.2) is 40.2 Å². The molecule has 2 rings (SSSR count). The van der Waals surface area contributed by atoms with Gasteiger partial charge in [-0.15, -0.1) is 0 Å². The van der Waals surface area contributed by atoms with Crippen molar-refractivity contribution < 1.29 is 19.1 Å². The van der Waals surface area contributed by atoms with Crippen LogP contribution >= 0.6 is 11.8 Å². The Kier molecular flexibility index (Phi) is 6.21. The molecule has 0 aliphatic carbocycles. The fraction of sp³-hybridized carbons (Fsp3) is 0.471. The molecule has 6 heteroatoms. The first-order valence-corrected chi connectivity index (χ1v) is 8.68. The van der Waals surface area contributed by atoms with Gasteiger partial charge in [0.25, 0.3) is 0 Å². The lowest BCUT2D eigenvalue weighted by molar-refractivity contribution is -0.147. The molecule has 2 atom stereocenters. The van der Waals surface area contributed by atoms with Crippen molar-refractivity contribution in [1.82, 2.24) is 4.90 Å². The maximum Gasteiger partial charge on any atom is 0.334 e. The molecule has 1 aromatic rings. The van der Waals surface area contributed by atoms with Gasteiger partial charge < -0.3 is 9.64 Å². The Hall–Kier alpha value is -1.82. The predicted octanol–water partition coefficient (Wildman–Crippen LogP) is 2.50. The van der Waals surface area contributed by atoms with E-state index in [0.29, 0.717) is 24.5 Å². The van der Waals surface area contributed by atoms with Crippen LogP contribution in [0, 0.1) is 5.92 Å². The number of amides is 1. The summed E-state index contributed by atoms with van der Waals surface area (Å²) in [5.41, 5.74) is 0. The lowest BCUT2D eigenvalue weighted by Crippen LogP contribution is -2.45. The average Bonchev–Trinajstić information content (AvgIpc) is 3.02. The van der Waals surface area contributed by atoms with Crippen LogP contribution < -0.4 is 4.74 Å². The molecule has 5 nitrogen and oxygen atoms in total. The van der Waals surface area contributed by atoms with E-state index in [1.807, 2.05) is 6.07 Å². The third-order valence-corrected chi connectivity index (χ3v) is 4.80. The van der Waals surface area contributed by atoms with Gasteiger partial charge in [0, 0.05) is 25.1 Å². The summed E-state index contributed by atoms with van der Waals surface area (Å²) in [5, 5.41) is -0.00823. The van der Waals surface area contributed by atoms with Crippen molar-refractivity contribution in [3.05, 3.63) is 30.3 Å². The summed E-state index contributed by atoms with van der Waals surface area (Å²) >= 11 is 1.14. The van der Waals surface area contributed by atoms with E-state index >= 15 is 0 Å². The van der Waals surface area contributed by atoms with Crippen LogP contribution in [0.5, 0.6) is 5.75 Å². The molecular weight excluding hydrogens is 314 g/mol. The molecule has 0 radical (unpaired) electrons. The highest BCUT2D eigenvalue weighted by molar-refractivity contribution is 8.13. The minimum atomic E-state index is -0.535. The van der Waals surface area contributed by atoms with Crippen LogP contribution in [0.3, 0.4) is 0 Å². The summed E-state index contributed by atoms with van der Waals surface area (Å²) in [4.78, 5) is 37.5. The van der Waals surface area contributed by atoms with Crippen molar-refractivity contribution in [1.29, 1.82) is 0 Å².